The van der Waals surface area contributed by atoms with Crippen molar-refractivity contribution in [1.82, 2.24) is 9.78 Å². The van der Waals surface area contributed by atoms with Gasteiger partial charge in [0.2, 0.25) is 0 Å². The lowest BCUT2D eigenvalue weighted by atomic mass is 9.71. The molecular weight excluding hydrogens is 280 g/mol. The molecular formula is C18H23ClN2. The summed E-state index contributed by atoms with van der Waals surface area (Å²) in [7, 11) is 0. The topological polar surface area (TPSA) is 17.8 Å². The molecule has 2 bridgehead atoms. The summed E-state index contributed by atoms with van der Waals surface area (Å²) in [4.78, 5) is 0. The van der Waals surface area contributed by atoms with Gasteiger partial charge in [0, 0.05) is 17.8 Å². The predicted molar refractivity (Wildman–Crippen MR) is 87.7 cm³/mol. The van der Waals surface area contributed by atoms with Gasteiger partial charge >= 0.3 is 0 Å². The second-order valence-electron chi connectivity index (χ2n) is 7.03. The Hall–Kier alpha value is -1.02. The molecule has 21 heavy (non-hydrogen) atoms. The molecule has 3 atom stereocenters. The number of benzene rings is 1. The molecule has 0 N–H and O–H groups in total. The van der Waals surface area contributed by atoms with Crippen LogP contribution in [0.1, 0.15) is 38.3 Å². The van der Waals surface area contributed by atoms with E-state index in [9.17, 15) is 0 Å². The van der Waals surface area contributed by atoms with Crippen LogP contribution in [0.2, 0.25) is 0 Å². The third kappa shape index (κ3) is 2.03. The van der Waals surface area contributed by atoms with Crippen molar-refractivity contribution in [2.45, 2.75) is 45.6 Å². The van der Waals surface area contributed by atoms with Gasteiger partial charge in [-0.2, -0.15) is 5.10 Å². The number of aromatic nitrogens is 2. The molecule has 1 aromatic carbocycles. The molecule has 1 heterocycles. The Balaban J connectivity index is 1.74. The lowest BCUT2D eigenvalue weighted by molar-refractivity contribution is 0.191. The van der Waals surface area contributed by atoms with E-state index in [-0.39, 0.29) is 0 Å². The third-order valence-electron chi connectivity index (χ3n) is 5.92. The van der Waals surface area contributed by atoms with E-state index in [1.165, 1.54) is 42.3 Å². The van der Waals surface area contributed by atoms with E-state index < -0.39 is 0 Å². The number of hydrogen-bond acceptors (Lipinski definition) is 1. The summed E-state index contributed by atoms with van der Waals surface area (Å²) < 4.78 is 2.14. The zero-order chi connectivity index (χ0) is 14.4. The average molecular weight is 303 g/mol. The van der Waals surface area contributed by atoms with Crippen LogP contribution in [0.15, 0.2) is 24.3 Å². The van der Waals surface area contributed by atoms with Crippen LogP contribution in [0, 0.1) is 17.3 Å². The first-order valence-electron chi connectivity index (χ1n) is 8.26. The lowest BCUT2D eigenvalue weighted by Crippen LogP contribution is -2.32. The summed E-state index contributed by atoms with van der Waals surface area (Å²) in [5.41, 5.74) is 2.84. The van der Waals surface area contributed by atoms with Crippen molar-refractivity contribution in [3.63, 3.8) is 0 Å². The molecule has 2 nitrogen and oxygen atoms in total. The van der Waals surface area contributed by atoms with Gasteiger partial charge in [-0.1, -0.05) is 24.6 Å². The number of rotatable bonds is 4. The zero-order valence-corrected chi connectivity index (χ0v) is 13.4. The van der Waals surface area contributed by atoms with E-state index in [1.54, 1.807) is 0 Å². The number of halogens is 1. The van der Waals surface area contributed by atoms with E-state index in [0.717, 1.165) is 30.7 Å². The minimum atomic E-state index is 0.306. The quantitative estimate of drug-likeness (QED) is 0.752. The Kier molecular flexibility index (Phi) is 3.25. The van der Waals surface area contributed by atoms with Crippen molar-refractivity contribution >= 4 is 22.5 Å². The summed E-state index contributed by atoms with van der Waals surface area (Å²) in [6.07, 6.45) is 6.58. The van der Waals surface area contributed by atoms with Crippen molar-refractivity contribution in [1.29, 1.82) is 0 Å². The molecule has 2 aliphatic carbocycles. The van der Waals surface area contributed by atoms with Gasteiger partial charge in [0.05, 0.1) is 11.2 Å². The molecule has 4 rings (SSSR count). The van der Waals surface area contributed by atoms with Crippen molar-refractivity contribution in [3.8, 4) is 0 Å². The van der Waals surface area contributed by atoms with Crippen LogP contribution < -0.4 is 0 Å². The fourth-order valence-electron chi connectivity index (χ4n) is 4.89. The molecule has 1 aromatic heterocycles. The number of alkyl halides is 1. The highest BCUT2D eigenvalue weighted by molar-refractivity contribution is 6.18. The van der Waals surface area contributed by atoms with E-state index in [4.69, 9.17) is 16.7 Å². The summed E-state index contributed by atoms with van der Waals surface area (Å²) in [6.45, 7) is 3.10. The Morgan fingerprint density at radius 2 is 2.19 bits per heavy atom. The number of para-hydroxylation sites is 1. The minimum absolute atomic E-state index is 0.306. The van der Waals surface area contributed by atoms with Crippen molar-refractivity contribution in [2.75, 3.05) is 5.88 Å². The van der Waals surface area contributed by atoms with Crippen LogP contribution in [-0.2, 0) is 13.0 Å². The predicted octanol–water partition coefficient (Wildman–Crippen LogP) is 4.64. The molecule has 2 fully saturated rings. The Labute approximate surface area is 131 Å². The largest absolute Gasteiger partial charge is 0.265 e. The Bertz CT molecular complexity index is 662. The van der Waals surface area contributed by atoms with Crippen LogP contribution in [0.25, 0.3) is 10.9 Å². The second kappa shape index (κ2) is 5.01. The summed E-state index contributed by atoms with van der Waals surface area (Å²) in [6, 6.07) is 8.64. The van der Waals surface area contributed by atoms with Crippen molar-refractivity contribution in [3.05, 3.63) is 30.0 Å². The molecule has 0 radical (unpaired) electrons. The summed E-state index contributed by atoms with van der Waals surface area (Å²) in [5, 5.41) is 6.23. The normalized spacial score (nSPS) is 31.3. The molecule has 0 saturated heterocycles. The number of aryl methyl sites for hydroxylation is 1. The number of fused-ring (bicyclic) bond motifs is 3. The van der Waals surface area contributed by atoms with Gasteiger partial charge in [-0.05, 0) is 55.9 Å². The monoisotopic (exact) mass is 302 g/mol. The summed E-state index contributed by atoms with van der Waals surface area (Å²) in [5.74, 6) is 2.54. The molecule has 3 heteroatoms. The molecule has 0 spiro atoms. The molecule has 0 amide bonds. The first-order chi connectivity index (χ1) is 10.3. The minimum Gasteiger partial charge on any atom is -0.265 e. The highest BCUT2D eigenvalue weighted by Gasteiger charge is 2.50. The fraction of sp³-hybridized carbons (Fsp3) is 0.611. The maximum absolute atomic E-state index is 6.47. The van der Waals surface area contributed by atoms with Crippen molar-refractivity contribution in [2.24, 2.45) is 17.3 Å². The molecule has 0 aliphatic heterocycles. The zero-order valence-electron chi connectivity index (χ0n) is 12.7. The highest BCUT2D eigenvalue weighted by atomic mass is 35.5. The number of nitrogens with zero attached hydrogens (tertiary/aromatic N) is 2. The van der Waals surface area contributed by atoms with Gasteiger partial charge in [0.15, 0.2) is 0 Å². The van der Waals surface area contributed by atoms with Gasteiger partial charge in [0.25, 0.3) is 0 Å². The molecule has 2 saturated carbocycles. The van der Waals surface area contributed by atoms with Crippen molar-refractivity contribution < 1.29 is 0 Å². The van der Waals surface area contributed by atoms with E-state index in [0.29, 0.717) is 5.41 Å². The third-order valence-corrected chi connectivity index (χ3v) is 6.45. The first kappa shape index (κ1) is 13.6. The van der Waals surface area contributed by atoms with E-state index in [1.807, 2.05) is 0 Å². The van der Waals surface area contributed by atoms with Gasteiger partial charge < -0.3 is 0 Å². The summed E-state index contributed by atoms with van der Waals surface area (Å²) >= 11 is 6.47. The molecule has 2 aromatic rings. The highest BCUT2D eigenvalue weighted by Crippen LogP contribution is 2.57. The first-order valence-corrected chi connectivity index (χ1v) is 8.79. The number of hydrogen-bond donors (Lipinski definition) is 0. The average Bonchev–Trinajstić information content (AvgIpc) is 3.21. The van der Waals surface area contributed by atoms with Gasteiger partial charge in [-0.25, -0.2) is 0 Å². The van der Waals surface area contributed by atoms with Gasteiger partial charge in [0.1, 0.15) is 0 Å². The Morgan fingerprint density at radius 3 is 2.86 bits per heavy atom. The maximum atomic E-state index is 6.47. The van der Waals surface area contributed by atoms with E-state index in [2.05, 4.69) is 35.9 Å². The van der Waals surface area contributed by atoms with Crippen LogP contribution in [0.3, 0.4) is 0 Å². The van der Waals surface area contributed by atoms with Gasteiger partial charge in [-0.15, -0.1) is 11.6 Å². The SMILES string of the molecule is CCn1nc(CC2(CCl)CC3CCC2C3)c2ccccc21. The van der Waals surface area contributed by atoms with Crippen LogP contribution in [0.5, 0.6) is 0 Å². The molecule has 112 valence electrons. The smallest absolute Gasteiger partial charge is 0.0709 e. The van der Waals surface area contributed by atoms with Crippen LogP contribution in [0.4, 0.5) is 0 Å². The maximum Gasteiger partial charge on any atom is 0.0709 e. The van der Waals surface area contributed by atoms with Crippen LogP contribution in [-0.4, -0.2) is 15.7 Å². The molecule has 3 unspecified atom stereocenters. The Morgan fingerprint density at radius 1 is 1.33 bits per heavy atom. The molecule has 2 aliphatic rings. The second-order valence-corrected chi connectivity index (χ2v) is 7.30. The van der Waals surface area contributed by atoms with E-state index >= 15 is 0 Å². The van der Waals surface area contributed by atoms with Crippen LogP contribution >= 0.6 is 11.6 Å². The lowest BCUT2D eigenvalue weighted by Gasteiger charge is -2.35. The fourth-order valence-corrected chi connectivity index (χ4v) is 5.31. The van der Waals surface area contributed by atoms with Gasteiger partial charge in [-0.3, -0.25) is 4.68 Å². The standard InChI is InChI=1S/C18H23ClN2/c1-2-21-17-6-4-3-5-15(17)16(20-21)11-18(12-19)10-13-7-8-14(18)9-13/h3-6,13-14H,2,7-12H2,1H3.